The molecule has 0 saturated carbocycles. The lowest BCUT2D eigenvalue weighted by Crippen LogP contribution is -2.43. The number of fused-ring (bicyclic) bond motifs is 1. The van der Waals surface area contributed by atoms with E-state index in [2.05, 4.69) is 25.2 Å². The maximum atomic E-state index is 12.3. The molecule has 0 aliphatic carbocycles. The highest BCUT2D eigenvalue weighted by molar-refractivity contribution is 5.80. The molecule has 7 nitrogen and oxygen atoms in total. The Labute approximate surface area is 141 Å². The van der Waals surface area contributed by atoms with Crippen LogP contribution in [0.3, 0.4) is 0 Å². The maximum Gasteiger partial charge on any atom is 0.224 e. The molecule has 24 heavy (non-hydrogen) atoms. The third-order valence-electron chi connectivity index (χ3n) is 4.29. The van der Waals surface area contributed by atoms with E-state index in [0.29, 0.717) is 25.3 Å². The highest BCUT2D eigenvalue weighted by atomic mass is 16.5. The topological polar surface area (TPSA) is 80.2 Å². The predicted octanol–water partition coefficient (Wildman–Crippen LogP) is 1.39. The van der Waals surface area contributed by atoms with Crippen molar-refractivity contribution in [2.75, 3.05) is 38.3 Å². The first-order valence-electron chi connectivity index (χ1n) is 8.36. The second-order valence-electron chi connectivity index (χ2n) is 6.02. The number of ether oxygens (including phenoxy) is 1. The van der Waals surface area contributed by atoms with Crippen LogP contribution in [0.25, 0.3) is 11.2 Å². The number of hydrogen-bond acceptors (Lipinski definition) is 6. The monoisotopic (exact) mass is 329 g/mol. The second-order valence-corrected chi connectivity index (χ2v) is 6.02. The Morgan fingerprint density at radius 1 is 1.38 bits per heavy atom. The van der Waals surface area contributed by atoms with E-state index < -0.39 is 0 Å². The summed E-state index contributed by atoms with van der Waals surface area (Å²) in [5.74, 6) is 0.142. The lowest BCUT2D eigenvalue weighted by molar-refractivity contribution is -0.125. The standard InChI is InChI=1S/C17H23N5O2/c1-24-9-3-5-20-17(23)13-4-2-8-22(12-13)14-10-15-16(21-11-14)19-7-6-18-15/h6-7,10-11,13H,2-5,8-9,12H2,1H3,(H,20,23). The smallest absolute Gasteiger partial charge is 0.224 e. The fourth-order valence-corrected chi connectivity index (χ4v) is 3.02. The molecule has 2 aromatic heterocycles. The van der Waals surface area contributed by atoms with Gasteiger partial charge in [-0.3, -0.25) is 9.78 Å². The number of methoxy groups -OCH3 is 1. The summed E-state index contributed by atoms with van der Waals surface area (Å²) in [6.45, 7) is 2.97. The minimum absolute atomic E-state index is 0.0128. The summed E-state index contributed by atoms with van der Waals surface area (Å²) < 4.78 is 5.00. The van der Waals surface area contributed by atoms with E-state index in [1.165, 1.54) is 0 Å². The van der Waals surface area contributed by atoms with E-state index in [-0.39, 0.29) is 11.8 Å². The van der Waals surface area contributed by atoms with Crippen LogP contribution in [0.4, 0.5) is 5.69 Å². The Morgan fingerprint density at radius 2 is 2.25 bits per heavy atom. The Kier molecular flexibility index (Phi) is 5.53. The summed E-state index contributed by atoms with van der Waals surface area (Å²) in [7, 11) is 1.67. The molecule has 0 spiro atoms. The van der Waals surface area contributed by atoms with Crippen molar-refractivity contribution < 1.29 is 9.53 Å². The van der Waals surface area contributed by atoms with Crippen LogP contribution in [0.5, 0.6) is 0 Å². The molecule has 7 heteroatoms. The third-order valence-corrected chi connectivity index (χ3v) is 4.29. The molecule has 0 bridgehead atoms. The number of nitrogens with one attached hydrogen (secondary N) is 1. The molecule has 1 aliphatic rings. The highest BCUT2D eigenvalue weighted by Gasteiger charge is 2.26. The molecule has 1 atom stereocenters. The largest absolute Gasteiger partial charge is 0.385 e. The van der Waals surface area contributed by atoms with Crippen molar-refractivity contribution in [3.63, 3.8) is 0 Å². The Hall–Kier alpha value is -2.28. The van der Waals surface area contributed by atoms with E-state index in [1.807, 2.05) is 12.3 Å². The SMILES string of the molecule is COCCCNC(=O)C1CCCN(c2cnc3nccnc3c2)C1. The maximum absolute atomic E-state index is 12.3. The first-order valence-corrected chi connectivity index (χ1v) is 8.36. The van der Waals surface area contributed by atoms with Crippen molar-refractivity contribution >= 4 is 22.8 Å². The van der Waals surface area contributed by atoms with Gasteiger partial charge in [0.25, 0.3) is 0 Å². The zero-order chi connectivity index (χ0) is 16.8. The quantitative estimate of drug-likeness (QED) is 0.807. The van der Waals surface area contributed by atoms with Gasteiger partial charge >= 0.3 is 0 Å². The van der Waals surface area contributed by atoms with Crippen LogP contribution in [-0.4, -0.2) is 54.2 Å². The van der Waals surface area contributed by atoms with Gasteiger partial charge in [-0.2, -0.15) is 0 Å². The normalized spacial score (nSPS) is 17.9. The predicted molar refractivity (Wildman–Crippen MR) is 91.8 cm³/mol. The van der Waals surface area contributed by atoms with Gasteiger partial charge in [-0.25, -0.2) is 9.97 Å². The molecule has 1 unspecified atom stereocenters. The summed E-state index contributed by atoms with van der Waals surface area (Å²) in [4.78, 5) is 27.4. The van der Waals surface area contributed by atoms with Crippen molar-refractivity contribution in [1.29, 1.82) is 0 Å². The van der Waals surface area contributed by atoms with Crippen LogP contribution in [0, 0.1) is 5.92 Å². The number of piperidine rings is 1. The Bertz CT molecular complexity index is 693. The van der Waals surface area contributed by atoms with Gasteiger partial charge in [0.05, 0.1) is 17.8 Å². The molecular weight excluding hydrogens is 306 g/mol. The molecule has 1 amide bonds. The average molecular weight is 329 g/mol. The lowest BCUT2D eigenvalue weighted by atomic mass is 9.96. The van der Waals surface area contributed by atoms with Gasteiger partial charge in [-0.05, 0) is 25.3 Å². The number of pyridine rings is 1. The zero-order valence-corrected chi connectivity index (χ0v) is 13.9. The fraction of sp³-hybridized carbons (Fsp3) is 0.529. The molecule has 128 valence electrons. The van der Waals surface area contributed by atoms with Crippen LogP contribution < -0.4 is 10.2 Å². The van der Waals surface area contributed by atoms with Gasteiger partial charge in [0, 0.05) is 45.7 Å². The summed E-state index contributed by atoms with van der Waals surface area (Å²) in [6, 6.07) is 1.99. The van der Waals surface area contributed by atoms with Crippen molar-refractivity contribution in [2.24, 2.45) is 5.92 Å². The first-order chi connectivity index (χ1) is 11.8. The van der Waals surface area contributed by atoms with E-state index >= 15 is 0 Å². The molecular formula is C17H23N5O2. The molecule has 0 radical (unpaired) electrons. The van der Waals surface area contributed by atoms with E-state index in [0.717, 1.165) is 37.0 Å². The molecule has 3 rings (SSSR count). The Morgan fingerprint density at radius 3 is 3.12 bits per heavy atom. The molecule has 0 aromatic carbocycles. The lowest BCUT2D eigenvalue weighted by Gasteiger charge is -2.33. The van der Waals surface area contributed by atoms with Gasteiger partial charge < -0.3 is 15.0 Å². The molecule has 1 aliphatic heterocycles. The van der Waals surface area contributed by atoms with Gasteiger partial charge in [0.15, 0.2) is 5.65 Å². The number of aromatic nitrogens is 3. The highest BCUT2D eigenvalue weighted by Crippen LogP contribution is 2.24. The zero-order valence-electron chi connectivity index (χ0n) is 13.9. The van der Waals surface area contributed by atoms with Crippen LogP contribution in [-0.2, 0) is 9.53 Å². The fourth-order valence-electron chi connectivity index (χ4n) is 3.02. The van der Waals surface area contributed by atoms with Crippen molar-refractivity contribution in [1.82, 2.24) is 20.3 Å². The molecule has 3 heterocycles. The van der Waals surface area contributed by atoms with Crippen LogP contribution in [0.1, 0.15) is 19.3 Å². The van der Waals surface area contributed by atoms with Crippen LogP contribution >= 0.6 is 0 Å². The van der Waals surface area contributed by atoms with Crippen molar-refractivity contribution in [2.45, 2.75) is 19.3 Å². The minimum atomic E-state index is 0.0128. The van der Waals surface area contributed by atoms with E-state index in [4.69, 9.17) is 4.74 Å². The van der Waals surface area contributed by atoms with E-state index in [9.17, 15) is 4.79 Å². The number of carbonyl (C=O) groups is 1. The molecule has 2 aromatic rings. The van der Waals surface area contributed by atoms with Gasteiger partial charge in [-0.1, -0.05) is 0 Å². The number of anilines is 1. The molecule has 1 fully saturated rings. The van der Waals surface area contributed by atoms with Crippen molar-refractivity contribution in [3.05, 3.63) is 24.7 Å². The van der Waals surface area contributed by atoms with Gasteiger partial charge in [0.1, 0.15) is 5.52 Å². The summed E-state index contributed by atoms with van der Waals surface area (Å²) in [6.07, 6.45) is 7.88. The number of carbonyl (C=O) groups excluding carboxylic acids is 1. The third kappa shape index (κ3) is 3.97. The van der Waals surface area contributed by atoms with Crippen molar-refractivity contribution in [3.8, 4) is 0 Å². The van der Waals surface area contributed by atoms with Gasteiger partial charge in [0.2, 0.25) is 5.91 Å². The summed E-state index contributed by atoms with van der Waals surface area (Å²) in [5, 5.41) is 3.01. The number of amides is 1. The van der Waals surface area contributed by atoms with Gasteiger partial charge in [-0.15, -0.1) is 0 Å². The first kappa shape index (κ1) is 16.6. The van der Waals surface area contributed by atoms with E-state index in [1.54, 1.807) is 19.5 Å². The molecule has 1 N–H and O–H groups in total. The minimum Gasteiger partial charge on any atom is -0.385 e. The Balaban J connectivity index is 1.62. The summed E-state index contributed by atoms with van der Waals surface area (Å²) in [5.41, 5.74) is 2.42. The van der Waals surface area contributed by atoms with Crippen LogP contribution in [0.2, 0.25) is 0 Å². The molecule has 1 saturated heterocycles. The summed E-state index contributed by atoms with van der Waals surface area (Å²) >= 11 is 0. The average Bonchev–Trinajstić information content (AvgIpc) is 2.65. The number of rotatable bonds is 6. The van der Waals surface area contributed by atoms with Crippen LogP contribution in [0.15, 0.2) is 24.7 Å². The second kappa shape index (κ2) is 8.01. The number of hydrogen-bond donors (Lipinski definition) is 1. The number of nitrogens with zero attached hydrogens (tertiary/aromatic N) is 4.